The van der Waals surface area contributed by atoms with Crippen molar-refractivity contribution in [2.75, 3.05) is 0 Å². The van der Waals surface area contributed by atoms with Crippen molar-refractivity contribution in [3.05, 3.63) is 114 Å². The second kappa shape index (κ2) is 6.29. The molecule has 2 aliphatic rings. The monoisotopic (exact) mass is 397 g/mol. The maximum absolute atomic E-state index is 6.39. The minimum Gasteiger partial charge on any atom is -0.454 e. The highest BCUT2D eigenvalue weighted by Crippen LogP contribution is 2.43. The van der Waals surface area contributed by atoms with Crippen LogP contribution in [0.2, 0.25) is 0 Å². The summed E-state index contributed by atoms with van der Waals surface area (Å²) < 4.78 is 6.39. The van der Waals surface area contributed by atoms with Crippen LogP contribution in [0.3, 0.4) is 0 Å². The van der Waals surface area contributed by atoms with Crippen molar-refractivity contribution in [3.63, 3.8) is 0 Å². The number of hydrogen-bond donors (Lipinski definition) is 0. The normalized spacial score (nSPS) is 17.5. The molecule has 2 heterocycles. The van der Waals surface area contributed by atoms with E-state index in [2.05, 4.69) is 91.0 Å². The van der Waals surface area contributed by atoms with Crippen LogP contribution in [-0.4, -0.2) is 4.98 Å². The van der Waals surface area contributed by atoms with E-state index in [0.29, 0.717) is 5.92 Å². The molecule has 2 aliphatic carbocycles. The molecule has 5 aromatic rings. The van der Waals surface area contributed by atoms with Crippen LogP contribution in [0.4, 0.5) is 0 Å². The molecule has 31 heavy (non-hydrogen) atoms. The molecule has 0 amide bonds. The molecule has 1 unspecified atom stereocenters. The lowest BCUT2D eigenvalue weighted by Gasteiger charge is -2.27. The van der Waals surface area contributed by atoms with Crippen molar-refractivity contribution in [3.8, 4) is 0 Å². The van der Waals surface area contributed by atoms with Gasteiger partial charge in [-0.05, 0) is 58.2 Å². The van der Waals surface area contributed by atoms with E-state index >= 15 is 0 Å². The Morgan fingerprint density at radius 3 is 2.61 bits per heavy atom. The summed E-state index contributed by atoms with van der Waals surface area (Å²) in [7, 11) is 0. The Hall–Kier alpha value is -3.91. The zero-order valence-electron chi connectivity index (χ0n) is 16.9. The number of benzene rings is 3. The highest BCUT2D eigenvalue weighted by Gasteiger charge is 2.25. The summed E-state index contributed by atoms with van der Waals surface area (Å²) in [6.45, 7) is 0. The van der Waals surface area contributed by atoms with E-state index in [1.165, 1.54) is 27.5 Å². The SMILES string of the molecule is C1=Cc2ccccc2C2CC=C(c3nccc4c3oc3cc5ccccc5cc34)C=C12. The van der Waals surface area contributed by atoms with E-state index in [-0.39, 0.29) is 0 Å². The molecule has 0 N–H and O–H groups in total. The molecule has 0 fully saturated rings. The standard InChI is InChI=1S/C29H19NO/c1-2-7-20-17-27-26(16-19(20)6-1)25-13-14-30-28(29(25)31-27)22-11-12-24-21(15-22)10-9-18-5-3-4-8-23(18)24/h1-11,13-17,24H,12H2. The minimum absolute atomic E-state index is 0.421. The van der Waals surface area contributed by atoms with E-state index in [9.17, 15) is 0 Å². The van der Waals surface area contributed by atoms with Gasteiger partial charge in [-0.3, -0.25) is 4.98 Å². The van der Waals surface area contributed by atoms with Gasteiger partial charge < -0.3 is 4.42 Å². The number of furan rings is 1. The first kappa shape index (κ1) is 16.8. The van der Waals surface area contributed by atoms with E-state index in [0.717, 1.165) is 39.6 Å². The fourth-order valence-corrected chi connectivity index (χ4v) is 5.12. The Labute approximate surface area is 179 Å². The number of hydrogen-bond acceptors (Lipinski definition) is 2. The maximum Gasteiger partial charge on any atom is 0.161 e. The van der Waals surface area contributed by atoms with Gasteiger partial charge in [-0.2, -0.15) is 0 Å². The topological polar surface area (TPSA) is 26.0 Å². The third kappa shape index (κ3) is 2.48. The van der Waals surface area contributed by atoms with Crippen LogP contribution in [0.15, 0.2) is 101 Å². The van der Waals surface area contributed by atoms with Crippen LogP contribution >= 0.6 is 0 Å². The van der Waals surface area contributed by atoms with Gasteiger partial charge in [0.2, 0.25) is 0 Å². The van der Waals surface area contributed by atoms with E-state index in [4.69, 9.17) is 9.40 Å². The lowest BCUT2D eigenvalue weighted by atomic mass is 9.77. The summed E-state index contributed by atoms with van der Waals surface area (Å²) >= 11 is 0. The van der Waals surface area contributed by atoms with Crippen LogP contribution in [0, 0.1) is 0 Å². The van der Waals surface area contributed by atoms with Crippen LogP contribution < -0.4 is 0 Å². The van der Waals surface area contributed by atoms with Crippen molar-refractivity contribution in [2.24, 2.45) is 0 Å². The fourth-order valence-electron chi connectivity index (χ4n) is 5.12. The molecule has 3 aromatic carbocycles. The maximum atomic E-state index is 6.39. The predicted octanol–water partition coefficient (Wildman–Crippen LogP) is 7.66. The molecule has 0 aliphatic heterocycles. The summed E-state index contributed by atoms with van der Waals surface area (Å²) in [4.78, 5) is 4.75. The average Bonchev–Trinajstić information content (AvgIpc) is 3.19. The third-order valence-corrected chi connectivity index (χ3v) is 6.65. The molecular weight excluding hydrogens is 378 g/mol. The zero-order valence-corrected chi connectivity index (χ0v) is 16.9. The zero-order chi connectivity index (χ0) is 20.4. The van der Waals surface area contributed by atoms with Gasteiger partial charge in [0, 0.05) is 28.5 Å². The molecule has 7 rings (SSSR count). The summed E-state index contributed by atoms with van der Waals surface area (Å²) in [5, 5.41) is 4.68. The second-order valence-corrected chi connectivity index (χ2v) is 8.39. The summed E-state index contributed by atoms with van der Waals surface area (Å²) in [6, 6.07) is 23.5. The number of allylic oxidation sites excluding steroid dienone is 5. The van der Waals surface area contributed by atoms with Crippen molar-refractivity contribution in [1.29, 1.82) is 0 Å². The average molecular weight is 397 g/mol. The molecule has 0 saturated heterocycles. The Kier molecular flexibility index (Phi) is 3.42. The number of aromatic nitrogens is 1. The van der Waals surface area contributed by atoms with Gasteiger partial charge in [0.05, 0.1) is 0 Å². The summed E-state index contributed by atoms with van der Waals surface area (Å²) in [5.41, 5.74) is 7.93. The predicted molar refractivity (Wildman–Crippen MR) is 128 cm³/mol. The Morgan fingerprint density at radius 1 is 0.839 bits per heavy atom. The lowest BCUT2D eigenvalue weighted by molar-refractivity contribution is 0.665. The van der Waals surface area contributed by atoms with Crippen molar-refractivity contribution >= 4 is 44.4 Å². The first-order valence-corrected chi connectivity index (χ1v) is 10.7. The first-order chi connectivity index (χ1) is 15.3. The molecule has 2 aromatic heterocycles. The fraction of sp³-hybridized carbons (Fsp3) is 0.0690. The molecule has 146 valence electrons. The molecule has 0 bridgehead atoms. The number of fused-ring (bicyclic) bond motifs is 7. The van der Waals surface area contributed by atoms with Crippen molar-refractivity contribution in [2.45, 2.75) is 12.3 Å². The van der Waals surface area contributed by atoms with E-state index in [1.807, 2.05) is 6.20 Å². The van der Waals surface area contributed by atoms with Gasteiger partial charge in [0.1, 0.15) is 11.3 Å². The van der Waals surface area contributed by atoms with Gasteiger partial charge >= 0.3 is 0 Å². The van der Waals surface area contributed by atoms with Crippen LogP contribution in [0.5, 0.6) is 0 Å². The van der Waals surface area contributed by atoms with Crippen molar-refractivity contribution < 1.29 is 4.42 Å². The number of pyridine rings is 1. The largest absolute Gasteiger partial charge is 0.454 e. The Morgan fingerprint density at radius 2 is 1.68 bits per heavy atom. The van der Waals surface area contributed by atoms with Crippen molar-refractivity contribution in [1.82, 2.24) is 4.98 Å². The first-order valence-electron chi connectivity index (χ1n) is 10.7. The Balaban J connectivity index is 1.39. The van der Waals surface area contributed by atoms with Gasteiger partial charge in [-0.15, -0.1) is 0 Å². The smallest absolute Gasteiger partial charge is 0.161 e. The van der Waals surface area contributed by atoms with Gasteiger partial charge in [0.25, 0.3) is 0 Å². The Bertz CT molecular complexity index is 1610. The third-order valence-electron chi connectivity index (χ3n) is 6.65. The highest BCUT2D eigenvalue weighted by atomic mass is 16.3. The highest BCUT2D eigenvalue weighted by molar-refractivity contribution is 6.12. The molecular formula is C29H19NO. The van der Waals surface area contributed by atoms with Crippen LogP contribution in [-0.2, 0) is 0 Å². The molecule has 0 radical (unpaired) electrons. The lowest BCUT2D eigenvalue weighted by Crippen LogP contribution is -2.09. The summed E-state index contributed by atoms with van der Waals surface area (Å²) in [6.07, 6.45) is 12.0. The summed E-state index contributed by atoms with van der Waals surface area (Å²) in [5.74, 6) is 0.421. The molecule has 0 spiro atoms. The molecule has 0 saturated carbocycles. The minimum atomic E-state index is 0.421. The van der Waals surface area contributed by atoms with E-state index < -0.39 is 0 Å². The van der Waals surface area contributed by atoms with Gasteiger partial charge in [-0.1, -0.05) is 66.8 Å². The number of nitrogens with zero attached hydrogens (tertiary/aromatic N) is 1. The molecule has 1 atom stereocenters. The van der Waals surface area contributed by atoms with Gasteiger partial charge in [-0.25, -0.2) is 0 Å². The van der Waals surface area contributed by atoms with Crippen LogP contribution in [0.25, 0.3) is 44.4 Å². The van der Waals surface area contributed by atoms with E-state index in [1.54, 1.807) is 0 Å². The van der Waals surface area contributed by atoms with Crippen LogP contribution in [0.1, 0.15) is 29.2 Å². The number of rotatable bonds is 1. The quantitative estimate of drug-likeness (QED) is 0.290. The second-order valence-electron chi connectivity index (χ2n) is 8.39. The van der Waals surface area contributed by atoms with Gasteiger partial charge in [0.15, 0.2) is 5.58 Å². The molecule has 2 heteroatoms. The molecule has 2 nitrogen and oxygen atoms in total.